The summed E-state index contributed by atoms with van der Waals surface area (Å²) in [4.78, 5) is 26.7. The monoisotopic (exact) mass is 390 g/mol. The van der Waals surface area contributed by atoms with Gasteiger partial charge in [0.2, 0.25) is 5.91 Å². The average molecular weight is 390 g/mol. The molecular formula is C18H23FN6O3. The molecule has 1 fully saturated rings. The van der Waals surface area contributed by atoms with E-state index in [9.17, 15) is 14.0 Å². The van der Waals surface area contributed by atoms with Gasteiger partial charge in [0.1, 0.15) is 23.8 Å². The van der Waals surface area contributed by atoms with Gasteiger partial charge in [0.15, 0.2) is 0 Å². The Morgan fingerprint density at radius 1 is 1.29 bits per heavy atom. The van der Waals surface area contributed by atoms with Gasteiger partial charge in [0, 0.05) is 6.54 Å². The maximum Gasteiger partial charge on any atom is 0.410 e. The van der Waals surface area contributed by atoms with E-state index in [1.54, 1.807) is 20.8 Å². The first-order valence-electron chi connectivity index (χ1n) is 9.08. The third-order valence-electron chi connectivity index (χ3n) is 4.25. The fourth-order valence-electron chi connectivity index (χ4n) is 2.99. The molecule has 1 aromatic heterocycles. The van der Waals surface area contributed by atoms with Gasteiger partial charge in [-0.25, -0.2) is 13.9 Å². The Kier molecular flexibility index (Phi) is 5.57. The lowest BCUT2D eigenvalue weighted by atomic mass is 10.0. The summed E-state index contributed by atoms with van der Waals surface area (Å²) in [7, 11) is 0. The number of rotatable bonds is 3. The van der Waals surface area contributed by atoms with Crippen molar-refractivity contribution < 1.29 is 18.7 Å². The van der Waals surface area contributed by atoms with Gasteiger partial charge in [-0.15, -0.1) is 5.10 Å². The second-order valence-electron chi connectivity index (χ2n) is 7.59. The van der Waals surface area contributed by atoms with Crippen molar-refractivity contribution in [3.05, 3.63) is 30.3 Å². The molecule has 1 unspecified atom stereocenters. The summed E-state index contributed by atoms with van der Waals surface area (Å²) in [6.45, 7) is 5.72. The number of anilines is 1. The van der Waals surface area contributed by atoms with Gasteiger partial charge < -0.3 is 10.1 Å². The van der Waals surface area contributed by atoms with Crippen LogP contribution in [0.25, 0.3) is 5.69 Å². The molecule has 10 heteroatoms. The lowest BCUT2D eigenvalue weighted by Crippen LogP contribution is -2.51. The highest BCUT2D eigenvalue weighted by molar-refractivity contribution is 5.97. The number of piperidine rings is 1. The standard InChI is InChI=1S/C18H23FN6O3/c1-18(2,3)28-17(27)24-9-5-4-6-15(24)16(26)21-14-10-12(7-8-13(14)19)25-11-20-22-23-25/h7-8,10-11,15H,4-6,9H2,1-3H3,(H,21,26). The Labute approximate surface area is 161 Å². The van der Waals surface area contributed by atoms with E-state index in [4.69, 9.17) is 4.74 Å². The molecule has 9 nitrogen and oxygen atoms in total. The number of halogens is 1. The van der Waals surface area contributed by atoms with Crippen LogP contribution in [0.4, 0.5) is 14.9 Å². The van der Waals surface area contributed by atoms with Crippen LogP contribution < -0.4 is 5.32 Å². The first-order chi connectivity index (χ1) is 13.2. The molecule has 2 amide bonds. The number of carbonyl (C=O) groups is 2. The van der Waals surface area contributed by atoms with Crippen molar-refractivity contribution in [1.29, 1.82) is 0 Å². The lowest BCUT2D eigenvalue weighted by Gasteiger charge is -2.35. The number of likely N-dealkylation sites (tertiary alicyclic amines) is 1. The van der Waals surface area contributed by atoms with Crippen molar-refractivity contribution in [2.75, 3.05) is 11.9 Å². The van der Waals surface area contributed by atoms with Crippen molar-refractivity contribution in [3.63, 3.8) is 0 Å². The minimum Gasteiger partial charge on any atom is -0.444 e. The Hall–Kier alpha value is -3.04. The molecule has 0 bridgehead atoms. The third kappa shape index (κ3) is 4.62. The Morgan fingerprint density at radius 3 is 2.75 bits per heavy atom. The van der Waals surface area contributed by atoms with Gasteiger partial charge in [-0.2, -0.15) is 0 Å². The highest BCUT2D eigenvalue weighted by Gasteiger charge is 2.35. The maximum atomic E-state index is 14.2. The summed E-state index contributed by atoms with van der Waals surface area (Å²) in [5.74, 6) is -1.05. The van der Waals surface area contributed by atoms with Crippen molar-refractivity contribution >= 4 is 17.7 Å². The third-order valence-corrected chi connectivity index (χ3v) is 4.25. The van der Waals surface area contributed by atoms with Gasteiger partial charge >= 0.3 is 6.09 Å². The zero-order valence-corrected chi connectivity index (χ0v) is 16.1. The van der Waals surface area contributed by atoms with E-state index in [-0.39, 0.29) is 5.69 Å². The molecule has 1 aliphatic rings. The number of nitrogens with zero attached hydrogens (tertiary/aromatic N) is 5. The van der Waals surface area contributed by atoms with Crippen LogP contribution in [0, 0.1) is 5.82 Å². The molecule has 2 heterocycles. The highest BCUT2D eigenvalue weighted by atomic mass is 19.1. The SMILES string of the molecule is CC(C)(C)OC(=O)N1CCCCC1C(=O)Nc1cc(-n2cnnn2)ccc1F. The smallest absolute Gasteiger partial charge is 0.410 e. The fourth-order valence-corrected chi connectivity index (χ4v) is 2.99. The quantitative estimate of drug-likeness (QED) is 0.864. The minimum atomic E-state index is -0.723. The van der Waals surface area contributed by atoms with Crippen LogP contribution in [-0.2, 0) is 9.53 Å². The van der Waals surface area contributed by atoms with Gasteiger partial charge in [0.25, 0.3) is 0 Å². The van der Waals surface area contributed by atoms with Crippen molar-refractivity contribution in [1.82, 2.24) is 25.1 Å². The molecular weight excluding hydrogens is 367 g/mol. The van der Waals surface area contributed by atoms with Gasteiger partial charge in [0.05, 0.1) is 11.4 Å². The number of aromatic nitrogens is 4. The summed E-state index contributed by atoms with van der Waals surface area (Å²) in [6.07, 6.45) is 2.88. The van der Waals surface area contributed by atoms with Crippen molar-refractivity contribution in [3.8, 4) is 5.69 Å². The largest absolute Gasteiger partial charge is 0.444 e. The molecule has 0 saturated carbocycles. The second-order valence-corrected chi connectivity index (χ2v) is 7.59. The number of carbonyl (C=O) groups excluding carboxylic acids is 2. The summed E-state index contributed by atoms with van der Waals surface area (Å²) in [6, 6.07) is 3.43. The van der Waals surface area contributed by atoms with Crippen LogP contribution in [0.5, 0.6) is 0 Å². The van der Waals surface area contributed by atoms with Crippen LogP contribution >= 0.6 is 0 Å². The summed E-state index contributed by atoms with van der Waals surface area (Å²) in [5, 5.41) is 13.4. The van der Waals surface area contributed by atoms with E-state index >= 15 is 0 Å². The summed E-state index contributed by atoms with van der Waals surface area (Å²) >= 11 is 0. The summed E-state index contributed by atoms with van der Waals surface area (Å²) < 4.78 is 21.0. The van der Waals surface area contributed by atoms with Crippen molar-refractivity contribution in [2.24, 2.45) is 0 Å². The van der Waals surface area contributed by atoms with Crippen LogP contribution in [0.2, 0.25) is 0 Å². The summed E-state index contributed by atoms with van der Waals surface area (Å²) in [5.41, 5.74) is -0.177. The molecule has 1 aromatic carbocycles. The number of hydrogen-bond donors (Lipinski definition) is 1. The predicted octanol–water partition coefficient (Wildman–Crippen LogP) is 2.53. The molecule has 3 rings (SSSR count). The van der Waals surface area contributed by atoms with E-state index in [2.05, 4.69) is 20.8 Å². The first kappa shape index (κ1) is 19.7. The molecule has 1 N–H and O–H groups in total. The fraction of sp³-hybridized carbons (Fsp3) is 0.500. The number of amides is 2. The average Bonchev–Trinajstić information content (AvgIpc) is 3.17. The van der Waals surface area contributed by atoms with Crippen LogP contribution in [0.1, 0.15) is 40.0 Å². The van der Waals surface area contributed by atoms with E-state index < -0.39 is 29.5 Å². The Morgan fingerprint density at radius 2 is 2.07 bits per heavy atom. The molecule has 0 spiro atoms. The van der Waals surface area contributed by atoms with Gasteiger partial charge in [-0.3, -0.25) is 9.69 Å². The zero-order valence-electron chi connectivity index (χ0n) is 16.1. The molecule has 150 valence electrons. The second kappa shape index (κ2) is 7.91. The Bertz CT molecular complexity index is 850. The molecule has 2 aromatic rings. The molecule has 1 saturated heterocycles. The predicted molar refractivity (Wildman–Crippen MR) is 98.3 cm³/mol. The highest BCUT2D eigenvalue weighted by Crippen LogP contribution is 2.24. The number of tetrazole rings is 1. The van der Waals surface area contributed by atoms with Gasteiger partial charge in [-0.1, -0.05) is 0 Å². The zero-order chi connectivity index (χ0) is 20.3. The van der Waals surface area contributed by atoms with Crippen LogP contribution in [0.15, 0.2) is 24.5 Å². The van der Waals surface area contributed by atoms with E-state index in [1.165, 1.54) is 34.1 Å². The van der Waals surface area contributed by atoms with Crippen molar-refractivity contribution in [2.45, 2.75) is 51.7 Å². The van der Waals surface area contributed by atoms with E-state index in [0.29, 0.717) is 18.7 Å². The minimum absolute atomic E-state index is 0.00675. The Balaban J connectivity index is 1.77. The number of nitrogens with one attached hydrogen (secondary N) is 1. The first-order valence-corrected chi connectivity index (χ1v) is 9.08. The molecule has 1 atom stereocenters. The lowest BCUT2D eigenvalue weighted by molar-refractivity contribution is -0.122. The number of hydrogen-bond acceptors (Lipinski definition) is 6. The topological polar surface area (TPSA) is 102 Å². The number of ether oxygens (including phenoxy) is 1. The van der Waals surface area contributed by atoms with E-state index in [1.807, 2.05) is 0 Å². The maximum absolute atomic E-state index is 14.2. The molecule has 0 radical (unpaired) electrons. The van der Waals surface area contributed by atoms with Crippen LogP contribution in [-0.4, -0.2) is 55.3 Å². The number of benzene rings is 1. The normalized spacial score (nSPS) is 17.3. The molecule has 1 aliphatic heterocycles. The van der Waals surface area contributed by atoms with E-state index in [0.717, 1.165) is 12.8 Å². The molecule has 0 aliphatic carbocycles. The molecule has 28 heavy (non-hydrogen) atoms. The van der Waals surface area contributed by atoms with Crippen LogP contribution in [0.3, 0.4) is 0 Å². The van der Waals surface area contributed by atoms with Gasteiger partial charge in [-0.05, 0) is 68.7 Å².